The standard InChI is InChI=1S/C9H8FN5O4S/c1-15-12-9(11-14-15)13-20(18,19)7-3-2-5(8(16)17)4-6(7)10/h2-4H,1H3,(H,12,13)(H,16,17). The fourth-order valence-corrected chi connectivity index (χ4v) is 2.35. The second kappa shape index (κ2) is 4.85. The van der Waals surface area contributed by atoms with Gasteiger partial charge in [-0.1, -0.05) is 5.10 Å². The molecule has 0 aliphatic heterocycles. The van der Waals surface area contributed by atoms with Crippen molar-refractivity contribution >= 4 is 21.9 Å². The van der Waals surface area contributed by atoms with E-state index in [1.165, 1.54) is 7.05 Å². The summed E-state index contributed by atoms with van der Waals surface area (Å²) in [7, 11) is -2.85. The van der Waals surface area contributed by atoms with Gasteiger partial charge >= 0.3 is 5.97 Å². The van der Waals surface area contributed by atoms with Crippen LogP contribution in [0.15, 0.2) is 23.1 Å². The van der Waals surface area contributed by atoms with Crippen molar-refractivity contribution in [2.45, 2.75) is 4.90 Å². The van der Waals surface area contributed by atoms with Crippen molar-refractivity contribution in [3.8, 4) is 0 Å². The van der Waals surface area contributed by atoms with Crippen LogP contribution >= 0.6 is 0 Å². The van der Waals surface area contributed by atoms with Gasteiger partial charge in [0.2, 0.25) is 0 Å². The van der Waals surface area contributed by atoms with Crippen molar-refractivity contribution in [1.29, 1.82) is 0 Å². The number of nitrogens with zero attached hydrogens (tertiary/aromatic N) is 4. The van der Waals surface area contributed by atoms with Crippen molar-refractivity contribution in [3.63, 3.8) is 0 Å². The van der Waals surface area contributed by atoms with Gasteiger partial charge in [0.15, 0.2) is 0 Å². The third-order valence-electron chi connectivity index (χ3n) is 2.20. The first-order chi connectivity index (χ1) is 9.29. The summed E-state index contributed by atoms with van der Waals surface area (Å²) in [5.41, 5.74) is -0.362. The summed E-state index contributed by atoms with van der Waals surface area (Å²) in [6, 6.07) is 2.43. The number of hydrogen-bond acceptors (Lipinski definition) is 6. The van der Waals surface area contributed by atoms with Gasteiger partial charge in [-0.3, -0.25) is 0 Å². The van der Waals surface area contributed by atoms with Crippen LogP contribution in [0.2, 0.25) is 0 Å². The number of aryl methyl sites for hydroxylation is 1. The fourth-order valence-electron chi connectivity index (χ4n) is 1.35. The molecule has 0 saturated carbocycles. The Morgan fingerprint density at radius 2 is 2.15 bits per heavy atom. The number of hydrogen-bond donors (Lipinski definition) is 2. The first-order valence-corrected chi connectivity index (χ1v) is 6.57. The maximum atomic E-state index is 13.7. The van der Waals surface area contributed by atoms with E-state index in [0.717, 1.165) is 16.9 Å². The third-order valence-corrected chi connectivity index (χ3v) is 3.56. The lowest BCUT2D eigenvalue weighted by atomic mass is 10.2. The van der Waals surface area contributed by atoms with Gasteiger partial charge in [0, 0.05) is 0 Å². The van der Waals surface area contributed by atoms with Crippen LogP contribution in [0.1, 0.15) is 10.4 Å². The second-order valence-corrected chi connectivity index (χ2v) is 5.31. The van der Waals surface area contributed by atoms with Crippen LogP contribution in [0.3, 0.4) is 0 Å². The largest absolute Gasteiger partial charge is 0.478 e. The lowest BCUT2D eigenvalue weighted by Crippen LogP contribution is -2.16. The number of aromatic nitrogens is 4. The molecule has 2 rings (SSSR count). The molecule has 0 atom stereocenters. The molecule has 9 nitrogen and oxygen atoms in total. The van der Waals surface area contributed by atoms with Crippen LogP contribution in [0.25, 0.3) is 0 Å². The van der Waals surface area contributed by atoms with Crippen LogP contribution in [0, 0.1) is 5.82 Å². The monoisotopic (exact) mass is 301 g/mol. The van der Waals surface area contributed by atoms with Gasteiger partial charge in [0.25, 0.3) is 16.0 Å². The smallest absolute Gasteiger partial charge is 0.335 e. The number of nitrogens with one attached hydrogen (secondary N) is 1. The fraction of sp³-hybridized carbons (Fsp3) is 0.111. The Kier molecular flexibility index (Phi) is 3.36. The number of sulfonamides is 1. The highest BCUT2D eigenvalue weighted by atomic mass is 32.2. The molecule has 2 aromatic rings. The number of aromatic carboxylic acids is 1. The molecule has 20 heavy (non-hydrogen) atoms. The average Bonchev–Trinajstić information content (AvgIpc) is 2.73. The Hall–Kier alpha value is -2.56. The molecular formula is C9H8FN5O4S. The van der Waals surface area contributed by atoms with Crippen LogP contribution in [0.4, 0.5) is 10.3 Å². The first-order valence-electron chi connectivity index (χ1n) is 5.09. The lowest BCUT2D eigenvalue weighted by molar-refractivity contribution is 0.0696. The zero-order valence-corrected chi connectivity index (χ0v) is 10.8. The number of carboxylic acid groups (broad SMARTS) is 1. The van der Waals surface area contributed by atoms with E-state index in [4.69, 9.17) is 5.11 Å². The SMILES string of the molecule is Cn1nnc(NS(=O)(=O)c2ccc(C(=O)O)cc2F)n1. The molecule has 0 aliphatic rings. The third kappa shape index (κ3) is 2.71. The molecule has 2 N–H and O–H groups in total. The molecule has 11 heteroatoms. The molecule has 0 spiro atoms. The van der Waals surface area contributed by atoms with Crippen molar-refractivity contribution in [2.75, 3.05) is 4.72 Å². The van der Waals surface area contributed by atoms with Crippen LogP contribution < -0.4 is 4.72 Å². The molecule has 1 aromatic carbocycles. The van der Waals surface area contributed by atoms with Crippen LogP contribution in [0.5, 0.6) is 0 Å². The summed E-state index contributed by atoms with van der Waals surface area (Å²) in [6.07, 6.45) is 0. The number of tetrazole rings is 1. The molecule has 0 bridgehead atoms. The molecule has 0 aliphatic carbocycles. The topological polar surface area (TPSA) is 127 Å². The molecule has 1 heterocycles. The highest BCUT2D eigenvalue weighted by Crippen LogP contribution is 2.18. The normalized spacial score (nSPS) is 11.3. The maximum Gasteiger partial charge on any atom is 0.335 e. The number of anilines is 1. The Labute approximate surface area is 112 Å². The summed E-state index contributed by atoms with van der Waals surface area (Å²) < 4.78 is 39.4. The van der Waals surface area contributed by atoms with Crippen LogP contribution in [-0.4, -0.2) is 39.7 Å². The van der Waals surface area contributed by atoms with Gasteiger partial charge in [-0.2, -0.15) is 4.80 Å². The quantitative estimate of drug-likeness (QED) is 0.803. The molecule has 0 saturated heterocycles. The van der Waals surface area contributed by atoms with E-state index >= 15 is 0 Å². The summed E-state index contributed by atoms with van der Waals surface area (Å²) >= 11 is 0. The second-order valence-electron chi connectivity index (χ2n) is 3.66. The van der Waals surface area contributed by atoms with Crippen molar-refractivity contribution in [2.24, 2.45) is 7.05 Å². The highest BCUT2D eigenvalue weighted by Gasteiger charge is 2.22. The van der Waals surface area contributed by atoms with Gasteiger partial charge in [-0.25, -0.2) is 22.3 Å². The molecule has 0 fully saturated rings. The number of rotatable bonds is 4. The molecule has 106 valence electrons. The Morgan fingerprint density at radius 3 is 2.65 bits per heavy atom. The van der Waals surface area contributed by atoms with Gasteiger partial charge in [-0.05, 0) is 23.4 Å². The van der Waals surface area contributed by atoms with E-state index in [2.05, 4.69) is 15.4 Å². The predicted octanol–water partition coefficient (Wildman–Crippen LogP) is -0.152. The van der Waals surface area contributed by atoms with Gasteiger partial charge in [0.1, 0.15) is 10.7 Å². The molecule has 0 unspecified atom stereocenters. The van der Waals surface area contributed by atoms with Crippen molar-refractivity contribution in [1.82, 2.24) is 20.2 Å². The number of benzene rings is 1. The number of carbonyl (C=O) groups is 1. The molecule has 1 aromatic heterocycles. The van der Waals surface area contributed by atoms with Crippen LogP contribution in [-0.2, 0) is 17.1 Å². The highest BCUT2D eigenvalue weighted by molar-refractivity contribution is 7.92. The van der Waals surface area contributed by atoms with Crippen molar-refractivity contribution in [3.05, 3.63) is 29.6 Å². The molecular weight excluding hydrogens is 293 g/mol. The molecule has 0 radical (unpaired) electrons. The van der Waals surface area contributed by atoms with E-state index in [1.54, 1.807) is 0 Å². The first kappa shape index (κ1) is 13.9. The van der Waals surface area contributed by atoms with E-state index in [-0.39, 0.29) is 11.5 Å². The maximum absolute atomic E-state index is 13.7. The van der Waals surface area contributed by atoms with Gasteiger partial charge in [0.05, 0.1) is 12.6 Å². The van der Waals surface area contributed by atoms with E-state index < -0.39 is 26.7 Å². The van der Waals surface area contributed by atoms with Gasteiger partial charge in [-0.15, -0.1) is 5.10 Å². The zero-order chi connectivity index (χ0) is 14.9. The Morgan fingerprint density at radius 1 is 1.45 bits per heavy atom. The zero-order valence-electron chi connectivity index (χ0n) is 9.98. The number of halogens is 1. The summed E-state index contributed by atoms with van der Waals surface area (Å²) in [6.45, 7) is 0. The summed E-state index contributed by atoms with van der Waals surface area (Å²) in [5.74, 6) is -2.88. The Bertz CT molecular complexity index is 772. The Balaban J connectivity index is 2.37. The summed E-state index contributed by atoms with van der Waals surface area (Å²) in [4.78, 5) is 10.9. The van der Waals surface area contributed by atoms with Gasteiger partial charge < -0.3 is 5.11 Å². The lowest BCUT2D eigenvalue weighted by Gasteiger charge is -2.05. The molecule has 0 amide bonds. The average molecular weight is 301 g/mol. The minimum absolute atomic E-state index is 0.325. The van der Waals surface area contributed by atoms with E-state index in [9.17, 15) is 17.6 Å². The summed E-state index contributed by atoms with van der Waals surface area (Å²) in [5, 5.41) is 19.1. The minimum Gasteiger partial charge on any atom is -0.478 e. The van der Waals surface area contributed by atoms with E-state index in [1.807, 2.05) is 4.72 Å². The van der Waals surface area contributed by atoms with E-state index in [0.29, 0.717) is 6.07 Å². The minimum atomic E-state index is -4.27. The predicted molar refractivity (Wildman–Crippen MR) is 63.0 cm³/mol. The number of carboxylic acids is 1. The van der Waals surface area contributed by atoms with Crippen molar-refractivity contribution < 1.29 is 22.7 Å².